The summed E-state index contributed by atoms with van der Waals surface area (Å²) in [5, 5.41) is 11.6. The van der Waals surface area contributed by atoms with E-state index in [4.69, 9.17) is 9.47 Å². The Labute approximate surface area is 157 Å². The molecular weight excluding hydrogens is 330 g/mol. The molecule has 2 aliphatic rings. The fourth-order valence-electron chi connectivity index (χ4n) is 4.48. The highest BCUT2D eigenvalue weighted by Gasteiger charge is 2.53. The Balaban J connectivity index is 0.00000243. The minimum Gasteiger partial charge on any atom is -0.478 e. The molecule has 1 aromatic rings. The van der Waals surface area contributed by atoms with E-state index in [0.29, 0.717) is 36.9 Å². The van der Waals surface area contributed by atoms with Gasteiger partial charge in [0.15, 0.2) is 0 Å². The van der Waals surface area contributed by atoms with Gasteiger partial charge < -0.3 is 19.5 Å². The first kappa shape index (κ1) is 20.9. The van der Waals surface area contributed by atoms with Crippen molar-refractivity contribution in [3.05, 3.63) is 11.8 Å². The molecule has 6 heteroatoms. The zero-order chi connectivity index (χ0) is 18.0. The zero-order valence-electron chi connectivity index (χ0n) is 15.9. The minimum atomic E-state index is -0.911. The van der Waals surface area contributed by atoms with Crippen molar-refractivity contribution < 1.29 is 14.6 Å². The normalized spacial score (nSPS) is 28.1. The van der Waals surface area contributed by atoms with Crippen LogP contribution >= 0.6 is 0 Å². The number of aromatic nitrogens is 2. The second kappa shape index (κ2) is 8.53. The fourth-order valence-corrected chi connectivity index (χ4v) is 4.48. The number of rotatable bonds is 7. The Morgan fingerprint density at radius 3 is 2.65 bits per heavy atom. The Morgan fingerprint density at radius 2 is 2.00 bits per heavy atom. The summed E-state index contributed by atoms with van der Waals surface area (Å²) in [5.74, 6) is 1.85. The molecule has 1 saturated carbocycles. The van der Waals surface area contributed by atoms with Crippen LogP contribution in [0.15, 0.2) is 6.20 Å². The molecule has 3 atom stereocenters. The van der Waals surface area contributed by atoms with Crippen molar-refractivity contribution in [2.24, 2.45) is 17.8 Å². The molecule has 1 saturated heterocycles. The van der Waals surface area contributed by atoms with Crippen molar-refractivity contribution >= 4 is 0 Å². The van der Waals surface area contributed by atoms with Crippen LogP contribution in [0.2, 0.25) is 0 Å². The summed E-state index contributed by atoms with van der Waals surface area (Å²) in [4.78, 5) is 11.2. The first-order chi connectivity index (χ1) is 12.0. The molecule has 1 aliphatic heterocycles. The highest BCUT2D eigenvalue weighted by molar-refractivity contribution is 5.34. The first-order valence-corrected chi connectivity index (χ1v) is 9.55. The average Bonchev–Trinajstić information content (AvgIpc) is 3.08. The van der Waals surface area contributed by atoms with Crippen LogP contribution in [0, 0.1) is 17.8 Å². The summed E-state index contributed by atoms with van der Waals surface area (Å²) < 4.78 is 11.1. The van der Waals surface area contributed by atoms with Gasteiger partial charge >= 0.3 is 6.01 Å². The van der Waals surface area contributed by atoms with E-state index in [0.717, 1.165) is 38.0 Å². The van der Waals surface area contributed by atoms with Gasteiger partial charge in [-0.25, -0.2) is 4.98 Å². The molecule has 1 aromatic heterocycles. The summed E-state index contributed by atoms with van der Waals surface area (Å²) in [6, 6.07) is 0.306. The van der Waals surface area contributed by atoms with E-state index < -0.39 is 5.60 Å². The van der Waals surface area contributed by atoms with Gasteiger partial charge in [0.25, 0.3) is 0 Å². The van der Waals surface area contributed by atoms with E-state index in [-0.39, 0.29) is 13.3 Å². The summed E-state index contributed by atoms with van der Waals surface area (Å²) >= 11 is 0. The van der Waals surface area contributed by atoms with Gasteiger partial charge in [-0.15, -0.1) is 0 Å². The van der Waals surface area contributed by atoms with Crippen molar-refractivity contribution in [3.8, 4) is 11.9 Å². The fraction of sp³-hybridized carbons (Fsp3) is 0.800. The van der Waals surface area contributed by atoms with Crippen molar-refractivity contribution in [2.75, 3.05) is 32.8 Å². The van der Waals surface area contributed by atoms with E-state index in [1.165, 1.54) is 0 Å². The van der Waals surface area contributed by atoms with Gasteiger partial charge in [-0.2, -0.15) is 4.98 Å². The van der Waals surface area contributed by atoms with Gasteiger partial charge in [0.2, 0.25) is 5.88 Å². The lowest BCUT2D eigenvalue weighted by Crippen LogP contribution is -2.36. The molecule has 3 rings (SSSR count). The molecule has 0 radical (unpaired) electrons. The highest BCUT2D eigenvalue weighted by Crippen LogP contribution is 2.52. The maximum atomic E-state index is 11.6. The van der Waals surface area contributed by atoms with E-state index in [9.17, 15) is 5.11 Å². The maximum absolute atomic E-state index is 11.6. The Bertz CT molecular complexity index is 596. The zero-order valence-corrected chi connectivity index (χ0v) is 15.9. The summed E-state index contributed by atoms with van der Waals surface area (Å²) in [6.07, 6.45) is 3.49. The second-order valence-electron chi connectivity index (χ2n) is 7.68. The van der Waals surface area contributed by atoms with Crippen LogP contribution in [0.25, 0.3) is 0 Å². The molecule has 1 aliphatic carbocycles. The van der Waals surface area contributed by atoms with Crippen molar-refractivity contribution in [1.29, 1.82) is 0 Å². The monoisotopic (exact) mass is 365 g/mol. The quantitative estimate of drug-likeness (QED) is 0.801. The highest BCUT2D eigenvalue weighted by atomic mass is 16.5. The Morgan fingerprint density at radius 1 is 1.27 bits per heavy atom. The average molecular weight is 366 g/mol. The lowest BCUT2D eigenvalue weighted by Gasteiger charge is -2.31. The van der Waals surface area contributed by atoms with Crippen LogP contribution in [-0.2, 0) is 5.60 Å². The van der Waals surface area contributed by atoms with Crippen LogP contribution in [0.3, 0.4) is 0 Å². The Kier molecular flexibility index (Phi) is 6.86. The number of hydrogen-bond acceptors (Lipinski definition) is 6. The molecule has 26 heavy (non-hydrogen) atoms. The minimum absolute atomic E-state index is 0. The van der Waals surface area contributed by atoms with E-state index in [1.54, 1.807) is 6.20 Å². The third kappa shape index (κ3) is 3.96. The molecular formula is C20H35N3O3. The smallest absolute Gasteiger partial charge is 0.319 e. The van der Waals surface area contributed by atoms with E-state index >= 15 is 0 Å². The van der Waals surface area contributed by atoms with Crippen LogP contribution in [0.1, 0.15) is 53.5 Å². The largest absolute Gasteiger partial charge is 0.478 e. The molecule has 0 spiro atoms. The van der Waals surface area contributed by atoms with E-state index in [1.807, 2.05) is 13.8 Å². The molecule has 6 nitrogen and oxygen atoms in total. The van der Waals surface area contributed by atoms with Gasteiger partial charge in [-0.1, -0.05) is 21.3 Å². The number of ether oxygens (including phenoxy) is 2. The molecule has 0 aromatic carbocycles. The summed E-state index contributed by atoms with van der Waals surface area (Å²) in [7, 11) is 0. The van der Waals surface area contributed by atoms with Gasteiger partial charge in [0.1, 0.15) is 5.60 Å². The number of fused-ring (bicyclic) bond motifs is 1. The molecule has 0 amide bonds. The summed E-state index contributed by atoms with van der Waals surface area (Å²) in [6.45, 7) is 12.4. The second-order valence-corrected chi connectivity index (χ2v) is 7.68. The number of aliphatic hydroxyl groups is 1. The molecule has 1 unspecified atom stereocenters. The van der Waals surface area contributed by atoms with Gasteiger partial charge in [-0.05, 0) is 38.5 Å². The topological polar surface area (TPSA) is 67.7 Å². The lowest BCUT2D eigenvalue weighted by molar-refractivity contribution is -0.0102. The van der Waals surface area contributed by atoms with Crippen LogP contribution in [0.4, 0.5) is 0 Å². The molecule has 0 bridgehead atoms. The molecule has 2 fully saturated rings. The third-order valence-corrected chi connectivity index (χ3v) is 5.40. The van der Waals surface area contributed by atoms with Crippen molar-refractivity contribution in [1.82, 2.24) is 14.9 Å². The molecule has 2 heterocycles. The number of nitrogens with zero attached hydrogens (tertiary/aromatic N) is 3. The predicted octanol–water partition coefficient (Wildman–Crippen LogP) is 3.10. The van der Waals surface area contributed by atoms with Gasteiger partial charge in [0, 0.05) is 31.7 Å². The van der Waals surface area contributed by atoms with Crippen molar-refractivity contribution in [3.63, 3.8) is 0 Å². The molecule has 148 valence electrons. The Hall–Kier alpha value is -1.40. The predicted molar refractivity (Wildman–Crippen MR) is 102 cm³/mol. The summed E-state index contributed by atoms with van der Waals surface area (Å²) in [5.41, 5.74) is -0.192. The van der Waals surface area contributed by atoms with E-state index in [2.05, 4.69) is 28.7 Å². The standard InChI is InChI=1S/C19H31N3O3.CH4/c1-5-24-17-15(9-20-18(21-17)25-6-2)19(23)8-7-14-11-22(10-13(3)4)12-16(14)19;/h9,13-14,16,23H,5-8,10-12H2,1-4H3;1H4/t14-,16?,19+;/m0./s1. The maximum Gasteiger partial charge on any atom is 0.319 e. The van der Waals surface area contributed by atoms with Crippen LogP contribution in [-0.4, -0.2) is 52.8 Å². The van der Waals surface area contributed by atoms with Gasteiger partial charge in [-0.3, -0.25) is 0 Å². The number of likely N-dealkylation sites (tertiary alicyclic amines) is 1. The third-order valence-electron chi connectivity index (χ3n) is 5.40. The van der Waals surface area contributed by atoms with Crippen LogP contribution < -0.4 is 9.47 Å². The molecule has 1 N–H and O–H groups in total. The number of hydrogen-bond donors (Lipinski definition) is 1. The van der Waals surface area contributed by atoms with Crippen LogP contribution in [0.5, 0.6) is 11.9 Å². The van der Waals surface area contributed by atoms with Gasteiger partial charge in [0.05, 0.1) is 18.8 Å². The SMILES string of the molecule is C.CCOc1ncc([C@]2(O)CC[C@H]3CN(CC(C)C)CC32)c(OCC)n1. The lowest BCUT2D eigenvalue weighted by atomic mass is 9.83. The first-order valence-electron chi connectivity index (χ1n) is 9.55. The van der Waals surface area contributed by atoms with Crippen molar-refractivity contribution in [2.45, 2.75) is 53.6 Å².